The van der Waals surface area contributed by atoms with Crippen LogP contribution in [-0.2, 0) is 20.1 Å². The fraction of sp³-hybridized carbons (Fsp3) is 0.357. The molecule has 1 N–H and O–H groups in total. The Bertz CT molecular complexity index is 572. The van der Waals surface area contributed by atoms with Gasteiger partial charge in [0.2, 0.25) is 0 Å². The first-order valence-electron chi connectivity index (χ1n) is 6.32. The van der Waals surface area contributed by atoms with Crippen LogP contribution < -0.4 is 10.2 Å². The molecule has 1 aromatic carbocycles. The molecular weight excluding hydrogens is 262 g/mol. The van der Waals surface area contributed by atoms with Crippen LogP contribution in [0.1, 0.15) is 11.4 Å². The number of benzene rings is 1. The van der Waals surface area contributed by atoms with E-state index >= 15 is 0 Å². The van der Waals surface area contributed by atoms with Crippen LogP contribution in [0.5, 0.6) is 0 Å². The lowest BCUT2D eigenvalue weighted by atomic mass is 10.1. The van der Waals surface area contributed by atoms with Crippen molar-refractivity contribution in [1.82, 2.24) is 14.9 Å². The Hall–Kier alpha value is -1.95. The molecule has 6 heteroatoms. The highest BCUT2D eigenvalue weighted by molar-refractivity contribution is 5.50. The summed E-state index contributed by atoms with van der Waals surface area (Å²) in [5.74, 6) is -0.385. The van der Waals surface area contributed by atoms with Crippen molar-refractivity contribution in [3.63, 3.8) is 0 Å². The van der Waals surface area contributed by atoms with Crippen LogP contribution in [0.3, 0.4) is 0 Å². The predicted molar refractivity (Wildman–Crippen MR) is 74.4 cm³/mol. The average Bonchev–Trinajstić information content (AvgIpc) is 2.74. The minimum atomic E-state index is -0.563. The van der Waals surface area contributed by atoms with Crippen molar-refractivity contribution < 1.29 is 8.78 Å². The van der Waals surface area contributed by atoms with Crippen molar-refractivity contribution in [1.29, 1.82) is 0 Å². The average molecular weight is 280 g/mol. The molecule has 2 rings (SSSR count). The molecule has 0 aliphatic carbocycles. The summed E-state index contributed by atoms with van der Waals surface area (Å²) in [6, 6.07) is 2.70. The molecule has 2 aromatic rings. The minimum Gasteiger partial charge on any atom is -0.362 e. The number of aromatic nitrogens is 2. The van der Waals surface area contributed by atoms with Gasteiger partial charge in [0.05, 0.1) is 6.54 Å². The highest BCUT2D eigenvalue weighted by atomic mass is 19.1. The molecule has 0 aliphatic rings. The van der Waals surface area contributed by atoms with Crippen molar-refractivity contribution in [2.75, 3.05) is 19.0 Å². The summed E-state index contributed by atoms with van der Waals surface area (Å²) in [4.78, 5) is 5.68. The van der Waals surface area contributed by atoms with E-state index in [1.54, 1.807) is 26.5 Å². The summed E-state index contributed by atoms with van der Waals surface area (Å²) in [5, 5.41) is 2.87. The van der Waals surface area contributed by atoms with Crippen LogP contribution in [0.4, 0.5) is 14.5 Å². The molecule has 1 heterocycles. The number of hydrogen-bond acceptors (Lipinski definition) is 3. The molecule has 0 unspecified atom stereocenters. The van der Waals surface area contributed by atoms with Crippen molar-refractivity contribution in [3.05, 3.63) is 47.5 Å². The lowest BCUT2D eigenvalue weighted by Gasteiger charge is -2.21. The first-order valence-corrected chi connectivity index (χ1v) is 6.32. The van der Waals surface area contributed by atoms with Crippen molar-refractivity contribution in [2.45, 2.75) is 13.1 Å². The second-order valence-corrected chi connectivity index (χ2v) is 4.75. The predicted octanol–water partition coefficient (Wildman–Crippen LogP) is 2.05. The molecule has 0 saturated carbocycles. The lowest BCUT2D eigenvalue weighted by molar-refractivity contribution is 0.569. The molecular formula is C14H18F2N4. The number of nitrogens with zero attached hydrogens (tertiary/aromatic N) is 3. The maximum absolute atomic E-state index is 14.1. The van der Waals surface area contributed by atoms with E-state index in [-0.39, 0.29) is 5.69 Å². The summed E-state index contributed by atoms with van der Waals surface area (Å²) < 4.78 is 30.0. The normalized spacial score (nSPS) is 10.8. The second kappa shape index (κ2) is 6.00. The van der Waals surface area contributed by atoms with E-state index in [1.165, 1.54) is 17.0 Å². The standard InChI is InChI=1S/C14H18F2N4/c1-17-8-10-6-11(15)14(12(16)7-10)20(3)9-13-18-4-5-19(13)2/h4-7,17H,8-9H2,1-3H3. The van der Waals surface area contributed by atoms with E-state index in [1.807, 2.05) is 11.6 Å². The number of nitrogens with one attached hydrogen (secondary N) is 1. The Morgan fingerprint density at radius 1 is 1.30 bits per heavy atom. The van der Waals surface area contributed by atoms with Gasteiger partial charge in [0.15, 0.2) is 0 Å². The van der Waals surface area contributed by atoms with Crippen LogP contribution in [0.2, 0.25) is 0 Å². The van der Waals surface area contributed by atoms with Gasteiger partial charge in [-0.05, 0) is 24.7 Å². The topological polar surface area (TPSA) is 33.1 Å². The zero-order valence-corrected chi connectivity index (χ0v) is 11.8. The molecule has 108 valence electrons. The smallest absolute Gasteiger partial charge is 0.149 e. The SMILES string of the molecule is CNCc1cc(F)c(N(C)Cc2nccn2C)c(F)c1. The summed E-state index contributed by atoms with van der Waals surface area (Å²) in [6.45, 7) is 0.764. The Morgan fingerprint density at radius 2 is 1.95 bits per heavy atom. The number of anilines is 1. The van der Waals surface area contributed by atoms with Crippen LogP contribution in [0.15, 0.2) is 24.5 Å². The maximum Gasteiger partial charge on any atom is 0.149 e. The van der Waals surface area contributed by atoms with Crippen molar-refractivity contribution in [3.8, 4) is 0 Å². The number of halogens is 2. The monoisotopic (exact) mass is 280 g/mol. The van der Waals surface area contributed by atoms with E-state index in [2.05, 4.69) is 10.3 Å². The molecule has 0 fully saturated rings. The quantitative estimate of drug-likeness (QED) is 0.910. The fourth-order valence-electron chi connectivity index (χ4n) is 2.13. The van der Waals surface area contributed by atoms with Crippen molar-refractivity contribution in [2.24, 2.45) is 7.05 Å². The van der Waals surface area contributed by atoms with Crippen LogP contribution >= 0.6 is 0 Å². The minimum absolute atomic E-state index is 0.0344. The van der Waals surface area contributed by atoms with Crippen LogP contribution in [-0.4, -0.2) is 23.6 Å². The van der Waals surface area contributed by atoms with Gasteiger partial charge in [-0.25, -0.2) is 13.8 Å². The van der Waals surface area contributed by atoms with Crippen LogP contribution in [0.25, 0.3) is 0 Å². The molecule has 1 aromatic heterocycles. The third-order valence-corrected chi connectivity index (χ3v) is 3.14. The third kappa shape index (κ3) is 2.96. The summed E-state index contributed by atoms with van der Waals surface area (Å²) in [6.07, 6.45) is 3.46. The maximum atomic E-state index is 14.1. The second-order valence-electron chi connectivity index (χ2n) is 4.75. The Kier molecular flexibility index (Phi) is 4.34. The molecule has 0 aliphatic heterocycles. The number of imidazole rings is 1. The number of rotatable bonds is 5. The lowest BCUT2D eigenvalue weighted by Crippen LogP contribution is -2.21. The Balaban J connectivity index is 2.25. The first-order chi connectivity index (χ1) is 9.52. The van der Waals surface area contributed by atoms with E-state index in [4.69, 9.17) is 0 Å². The van der Waals surface area contributed by atoms with Gasteiger partial charge in [-0.3, -0.25) is 0 Å². The third-order valence-electron chi connectivity index (χ3n) is 3.14. The Morgan fingerprint density at radius 3 is 2.45 bits per heavy atom. The van der Waals surface area contributed by atoms with Gasteiger partial charge in [0, 0.05) is 33.0 Å². The van der Waals surface area contributed by atoms with E-state index in [0.717, 1.165) is 5.82 Å². The molecule has 0 atom stereocenters. The zero-order chi connectivity index (χ0) is 14.7. The van der Waals surface area contributed by atoms with Crippen LogP contribution in [0, 0.1) is 11.6 Å². The van der Waals surface area contributed by atoms with E-state index in [0.29, 0.717) is 18.7 Å². The summed E-state index contributed by atoms with van der Waals surface area (Å²) >= 11 is 0. The highest BCUT2D eigenvalue weighted by Gasteiger charge is 2.16. The molecule has 4 nitrogen and oxygen atoms in total. The molecule has 0 spiro atoms. The fourth-order valence-corrected chi connectivity index (χ4v) is 2.13. The van der Waals surface area contributed by atoms with Gasteiger partial charge in [-0.1, -0.05) is 0 Å². The van der Waals surface area contributed by atoms with Gasteiger partial charge in [-0.2, -0.15) is 0 Å². The molecule has 0 amide bonds. The van der Waals surface area contributed by atoms with Gasteiger partial charge in [-0.15, -0.1) is 0 Å². The van der Waals surface area contributed by atoms with E-state index in [9.17, 15) is 8.78 Å². The summed E-state index contributed by atoms with van der Waals surface area (Å²) in [7, 11) is 5.23. The molecule has 20 heavy (non-hydrogen) atoms. The summed E-state index contributed by atoms with van der Waals surface area (Å²) in [5.41, 5.74) is 0.546. The van der Waals surface area contributed by atoms with Gasteiger partial charge < -0.3 is 14.8 Å². The molecule has 0 radical (unpaired) electrons. The zero-order valence-electron chi connectivity index (χ0n) is 11.8. The van der Waals surface area contributed by atoms with Gasteiger partial charge in [0.25, 0.3) is 0 Å². The highest BCUT2D eigenvalue weighted by Crippen LogP contribution is 2.25. The largest absolute Gasteiger partial charge is 0.362 e. The number of hydrogen-bond donors (Lipinski definition) is 1. The molecule has 0 saturated heterocycles. The van der Waals surface area contributed by atoms with Crippen molar-refractivity contribution >= 4 is 5.69 Å². The Labute approximate surface area is 117 Å². The van der Waals surface area contributed by atoms with E-state index < -0.39 is 11.6 Å². The number of aryl methyl sites for hydroxylation is 1. The van der Waals surface area contributed by atoms with Gasteiger partial charge in [0.1, 0.15) is 23.1 Å². The van der Waals surface area contributed by atoms with Gasteiger partial charge >= 0.3 is 0 Å². The first kappa shape index (κ1) is 14.5. The molecule has 0 bridgehead atoms.